The summed E-state index contributed by atoms with van der Waals surface area (Å²) in [5.41, 5.74) is 7.70. The summed E-state index contributed by atoms with van der Waals surface area (Å²) in [6, 6.07) is 12.2. The quantitative estimate of drug-likeness (QED) is 0.379. The van der Waals surface area contributed by atoms with Crippen LogP contribution in [0.5, 0.6) is 0 Å². The second-order valence-electron chi connectivity index (χ2n) is 10.0. The smallest absolute Gasteiger partial charge is 0.251 e. The molecule has 0 saturated carbocycles. The molecule has 35 heavy (non-hydrogen) atoms. The summed E-state index contributed by atoms with van der Waals surface area (Å²) >= 11 is 0. The molecule has 1 fully saturated rings. The van der Waals surface area contributed by atoms with Crippen molar-refractivity contribution in [2.75, 3.05) is 26.2 Å². The molecule has 3 heterocycles. The molecule has 6 nitrogen and oxygen atoms in total. The Kier molecular flexibility index (Phi) is 6.21. The Morgan fingerprint density at radius 2 is 1.74 bits per heavy atom. The van der Waals surface area contributed by atoms with E-state index in [1.807, 2.05) is 18.3 Å². The number of rotatable bonds is 6. The van der Waals surface area contributed by atoms with Gasteiger partial charge in [-0.3, -0.25) is 9.89 Å². The van der Waals surface area contributed by atoms with Crippen LogP contribution in [0.3, 0.4) is 0 Å². The van der Waals surface area contributed by atoms with Gasteiger partial charge >= 0.3 is 0 Å². The maximum atomic E-state index is 12.7. The zero-order valence-corrected chi connectivity index (χ0v) is 20.3. The zero-order chi connectivity index (χ0) is 23.6. The molecule has 2 aromatic carbocycles. The molecular weight excluding hydrogens is 434 g/mol. The zero-order valence-electron chi connectivity index (χ0n) is 20.3. The first-order valence-corrected chi connectivity index (χ1v) is 13.2. The van der Waals surface area contributed by atoms with Gasteiger partial charge in [0.05, 0.1) is 22.9 Å². The highest BCUT2D eigenvalue weighted by Crippen LogP contribution is 2.37. The average molecular weight is 468 g/mol. The molecule has 1 aliphatic heterocycles. The van der Waals surface area contributed by atoms with E-state index in [-0.39, 0.29) is 5.91 Å². The van der Waals surface area contributed by atoms with Crippen molar-refractivity contribution in [2.45, 2.75) is 51.4 Å². The maximum Gasteiger partial charge on any atom is 0.251 e. The Labute approximate surface area is 206 Å². The molecule has 2 N–H and O–H groups in total. The molecule has 1 aliphatic carbocycles. The molecule has 4 aromatic rings. The van der Waals surface area contributed by atoms with E-state index in [1.54, 1.807) is 0 Å². The van der Waals surface area contributed by atoms with Gasteiger partial charge in [-0.1, -0.05) is 18.6 Å². The number of nitrogens with zero attached hydrogens (tertiary/aromatic N) is 3. The first-order chi connectivity index (χ1) is 17.3. The monoisotopic (exact) mass is 467 g/mol. The molecular formula is C29H33N5O. The third-order valence-electron chi connectivity index (χ3n) is 7.70. The van der Waals surface area contributed by atoms with Crippen LogP contribution < -0.4 is 5.32 Å². The molecule has 180 valence electrons. The molecule has 0 bridgehead atoms. The number of carbonyl (C=O) groups is 1. The number of aromatic nitrogens is 3. The van der Waals surface area contributed by atoms with Gasteiger partial charge in [0, 0.05) is 28.4 Å². The summed E-state index contributed by atoms with van der Waals surface area (Å²) in [4.78, 5) is 20.3. The van der Waals surface area contributed by atoms with Crippen LogP contribution in [0, 0.1) is 0 Å². The number of piperidine rings is 1. The highest BCUT2D eigenvalue weighted by atomic mass is 16.1. The summed E-state index contributed by atoms with van der Waals surface area (Å²) in [6.45, 7) is 4.20. The summed E-state index contributed by atoms with van der Waals surface area (Å²) < 4.78 is 0. The molecule has 0 spiro atoms. The lowest BCUT2D eigenvalue weighted by atomic mass is 9.85. The summed E-state index contributed by atoms with van der Waals surface area (Å²) in [7, 11) is 0. The van der Waals surface area contributed by atoms with Gasteiger partial charge < -0.3 is 10.2 Å². The van der Waals surface area contributed by atoms with Gasteiger partial charge in [-0.2, -0.15) is 5.10 Å². The van der Waals surface area contributed by atoms with E-state index in [2.05, 4.69) is 44.7 Å². The predicted molar refractivity (Wildman–Crippen MR) is 141 cm³/mol. The third-order valence-corrected chi connectivity index (χ3v) is 7.70. The normalized spacial score (nSPS) is 16.5. The fourth-order valence-corrected chi connectivity index (χ4v) is 5.85. The van der Waals surface area contributed by atoms with E-state index >= 15 is 0 Å². The average Bonchev–Trinajstić information content (AvgIpc) is 3.40. The van der Waals surface area contributed by atoms with E-state index in [4.69, 9.17) is 4.98 Å². The molecule has 2 aliphatic rings. The Hall–Kier alpha value is -3.25. The minimum Gasteiger partial charge on any atom is -0.352 e. The van der Waals surface area contributed by atoms with Crippen LogP contribution in [0.1, 0.15) is 60.0 Å². The molecule has 0 radical (unpaired) electrons. The lowest BCUT2D eigenvalue weighted by Gasteiger charge is -2.26. The molecule has 1 saturated heterocycles. The standard InChI is InChI=1S/C29H33N5O/c35-29(30-15-6-18-34-16-4-1-5-17-34)21-11-9-20(10-12-21)28-23-8-3-2-7-22(23)27-24-19-31-33-25(24)13-14-26(27)32-28/h9-14,19H,1-8,15-18H2,(H,30,35)(H,31,33). The molecule has 6 heteroatoms. The Bertz CT molecular complexity index is 1350. The van der Waals surface area contributed by atoms with E-state index < -0.39 is 0 Å². The first-order valence-electron chi connectivity index (χ1n) is 13.2. The van der Waals surface area contributed by atoms with Crippen molar-refractivity contribution in [3.63, 3.8) is 0 Å². The molecule has 1 amide bonds. The lowest BCUT2D eigenvalue weighted by Crippen LogP contribution is -2.33. The van der Waals surface area contributed by atoms with Crippen molar-refractivity contribution in [2.24, 2.45) is 0 Å². The second-order valence-corrected chi connectivity index (χ2v) is 10.0. The van der Waals surface area contributed by atoms with Gasteiger partial charge in [-0.05, 0) is 100.0 Å². The van der Waals surface area contributed by atoms with Crippen LogP contribution in [-0.2, 0) is 12.8 Å². The summed E-state index contributed by atoms with van der Waals surface area (Å²) in [6.07, 6.45) is 11.4. The molecule has 2 aromatic heterocycles. The molecule has 6 rings (SSSR count). The van der Waals surface area contributed by atoms with Crippen molar-refractivity contribution < 1.29 is 4.79 Å². The Balaban J connectivity index is 1.21. The summed E-state index contributed by atoms with van der Waals surface area (Å²) in [5.74, 6) is 0.00560. The van der Waals surface area contributed by atoms with Crippen molar-refractivity contribution >= 4 is 27.7 Å². The topological polar surface area (TPSA) is 73.9 Å². The van der Waals surface area contributed by atoms with Crippen LogP contribution >= 0.6 is 0 Å². The first kappa shape index (κ1) is 22.2. The minimum absolute atomic E-state index is 0.00560. The maximum absolute atomic E-state index is 12.7. The molecule has 0 atom stereocenters. The number of fused-ring (bicyclic) bond motifs is 5. The Morgan fingerprint density at radius 1 is 0.943 bits per heavy atom. The number of hydrogen-bond acceptors (Lipinski definition) is 4. The lowest BCUT2D eigenvalue weighted by molar-refractivity contribution is 0.0951. The fourth-order valence-electron chi connectivity index (χ4n) is 5.85. The fraction of sp³-hybridized carbons (Fsp3) is 0.414. The summed E-state index contributed by atoms with van der Waals surface area (Å²) in [5, 5.41) is 12.9. The van der Waals surface area contributed by atoms with Gasteiger partial charge in [0.15, 0.2) is 0 Å². The predicted octanol–water partition coefficient (Wildman–Crippen LogP) is 5.26. The van der Waals surface area contributed by atoms with Crippen LogP contribution in [0.2, 0.25) is 0 Å². The van der Waals surface area contributed by atoms with Crippen LogP contribution in [-0.4, -0.2) is 52.2 Å². The van der Waals surface area contributed by atoms with Crippen molar-refractivity contribution in [3.8, 4) is 11.3 Å². The number of pyridine rings is 1. The number of H-pyrrole nitrogens is 1. The van der Waals surface area contributed by atoms with Crippen molar-refractivity contribution in [3.05, 3.63) is 59.3 Å². The molecule has 0 unspecified atom stereocenters. The van der Waals surface area contributed by atoms with Crippen LogP contribution in [0.25, 0.3) is 33.1 Å². The van der Waals surface area contributed by atoms with Gasteiger partial charge in [-0.15, -0.1) is 0 Å². The third kappa shape index (κ3) is 4.43. The number of amides is 1. The second kappa shape index (κ2) is 9.78. The largest absolute Gasteiger partial charge is 0.352 e. The van der Waals surface area contributed by atoms with Gasteiger partial charge in [-0.25, -0.2) is 4.98 Å². The number of aryl methyl sites for hydroxylation is 1. The number of hydrogen-bond donors (Lipinski definition) is 2. The number of likely N-dealkylation sites (tertiary alicyclic amines) is 1. The van der Waals surface area contributed by atoms with E-state index in [9.17, 15) is 4.79 Å². The minimum atomic E-state index is 0.00560. The highest BCUT2D eigenvalue weighted by molar-refractivity contribution is 6.07. The Morgan fingerprint density at radius 3 is 2.57 bits per heavy atom. The van der Waals surface area contributed by atoms with Crippen LogP contribution in [0.15, 0.2) is 42.6 Å². The van der Waals surface area contributed by atoms with E-state index in [1.165, 1.54) is 61.7 Å². The number of benzene rings is 2. The van der Waals surface area contributed by atoms with Gasteiger partial charge in [0.1, 0.15) is 0 Å². The van der Waals surface area contributed by atoms with Crippen molar-refractivity contribution in [1.29, 1.82) is 0 Å². The van der Waals surface area contributed by atoms with Crippen LogP contribution in [0.4, 0.5) is 0 Å². The number of carbonyl (C=O) groups excluding carboxylic acids is 1. The van der Waals surface area contributed by atoms with Gasteiger partial charge in [0.2, 0.25) is 0 Å². The van der Waals surface area contributed by atoms with Gasteiger partial charge in [0.25, 0.3) is 5.91 Å². The van der Waals surface area contributed by atoms with E-state index in [0.717, 1.165) is 60.0 Å². The number of aromatic amines is 1. The van der Waals surface area contributed by atoms with E-state index in [0.29, 0.717) is 5.56 Å². The highest BCUT2D eigenvalue weighted by Gasteiger charge is 2.21. The van der Waals surface area contributed by atoms with Crippen molar-refractivity contribution in [1.82, 2.24) is 25.4 Å². The SMILES string of the molecule is O=C(NCCCN1CCCCC1)c1ccc(-c2nc3ccc4[nH]ncc4c3c3c2CCCC3)cc1. The number of nitrogens with one attached hydrogen (secondary N) is 2.